The van der Waals surface area contributed by atoms with E-state index in [0.29, 0.717) is 12.2 Å². The summed E-state index contributed by atoms with van der Waals surface area (Å²) in [4.78, 5) is 23.9. The summed E-state index contributed by atoms with van der Waals surface area (Å²) in [5.41, 5.74) is 2.14. The minimum atomic E-state index is -0.733. The number of carbonyl (C=O) groups excluding carboxylic acids is 1. The zero-order valence-electron chi connectivity index (χ0n) is 20.2. The molecule has 36 heavy (non-hydrogen) atoms. The van der Waals surface area contributed by atoms with E-state index in [4.69, 9.17) is 4.74 Å². The maximum atomic E-state index is 14.3. The third kappa shape index (κ3) is 7.74. The molecule has 1 aromatic heterocycles. The minimum absolute atomic E-state index is 0.157. The smallest absolute Gasteiger partial charge is 0.260 e. The minimum Gasteiger partial charge on any atom is -0.436 e. The number of carbonyl (C=O) groups is 1. The van der Waals surface area contributed by atoms with Crippen molar-refractivity contribution in [2.45, 2.75) is 6.92 Å². The van der Waals surface area contributed by atoms with E-state index in [1.165, 1.54) is 0 Å². The largest absolute Gasteiger partial charge is 0.436 e. The van der Waals surface area contributed by atoms with Crippen LogP contribution in [0.15, 0.2) is 79.3 Å². The molecule has 1 saturated heterocycles. The van der Waals surface area contributed by atoms with Gasteiger partial charge in [0.25, 0.3) is 5.88 Å². The lowest BCUT2D eigenvalue weighted by atomic mass is 10.2. The maximum absolute atomic E-state index is 14.3. The van der Waals surface area contributed by atoms with Crippen molar-refractivity contribution in [3.63, 3.8) is 0 Å². The Morgan fingerprint density at radius 1 is 1.17 bits per heavy atom. The lowest BCUT2D eigenvalue weighted by molar-refractivity contribution is -0.111. The van der Waals surface area contributed by atoms with Crippen LogP contribution in [0.2, 0.25) is 0 Å². The Labute approximate surface area is 209 Å². The highest BCUT2D eigenvalue weighted by atomic mass is 19.1. The highest BCUT2D eigenvalue weighted by molar-refractivity contribution is 5.98. The fourth-order valence-corrected chi connectivity index (χ4v) is 3.51. The number of alkyl halides is 1. The van der Waals surface area contributed by atoms with Crippen LogP contribution in [-0.2, 0) is 4.79 Å². The Balaban J connectivity index is 1.66. The summed E-state index contributed by atoms with van der Waals surface area (Å²) < 4.78 is 32.5. The zero-order valence-corrected chi connectivity index (χ0v) is 20.2. The summed E-state index contributed by atoms with van der Waals surface area (Å²) in [7, 11) is 0. The number of rotatable bonds is 11. The molecule has 2 heterocycles. The summed E-state index contributed by atoms with van der Waals surface area (Å²) >= 11 is 0. The maximum Gasteiger partial charge on any atom is 0.260 e. The molecule has 0 atom stereocenters. The Bertz CT molecular complexity index is 1140. The van der Waals surface area contributed by atoms with Crippen molar-refractivity contribution in [1.29, 1.82) is 0 Å². The summed E-state index contributed by atoms with van der Waals surface area (Å²) in [5, 5.41) is 5.64. The number of nitrogens with one attached hydrogen (secondary N) is 2. The summed E-state index contributed by atoms with van der Waals surface area (Å²) in [6, 6.07) is 6.48. The van der Waals surface area contributed by atoms with E-state index < -0.39 is 5.82 Å². The average Bonchev–Trinajstić information content (AvgIpc) is 2.87. The van der Waals surface area contributed by atoms with Crippen LogP contribution in [0.4, 0.5) is 20.4 Å². The van der Waals surface area contributed by atoms with Gasteiger partial charge in [0, 0.05) is 55.9 Å². The molecule has 190 valence electrons. The summed E-state index contributed by atoms with van der Waals surface area (Å²) in [6.45, 7) is 12.4. The van der Waals surface area contributed by atoms with Gasteiger partial charge in [-0.2, -0.15) is 9.37 Å². The Hall–Kier alpha value is -4.05. The second-order valence-corrected chi connectivity index (χ2v) is 7.96. The van der Waals surface area contributed by atoms with Crippen molar-refractivity contribution in [1.82, 2.24) is 19.8 Å². The van der Waals surface area contributed by atoms with Gasteiger partial charge in [0.05, 0.1) is 6.20 Å². The molecular weight excluding hydrogens is 466 g/mol. The first-order chi connectivity index (χ1) is 17.4. The Morgan fingerprint density at radius 3 is 2.64 bits per heavy atom. The molecule has 2 N–H and O–H groups in total. The molecule has 8 nitrogen and oxygen atoms in total. The second-order valence-electron chi connectivity index (χ2n) is 7.96. The average molecular weight is 497 g/mol. The van der Waals surface area contributed by atoms with Gasteiger partial charge in [-0.1, -0.05) is 19.2 Å². The second kappa shape index (κ2) is 13.1. The lowest BCUT2D eigenvalue weighted by Crippen LogP contribution is -2.46. The normalized spacial score (nSPS) is 14.8. The summed E-state index contributed by atoms with van der Waals surface area (Å²) in [6.07, 6.45) is 7.71. The van der Waals surface area contributed by atoms with Crippen molar-refractivity contribution in [2.24, 2.45) is 0 Å². The number of halogens is 2. The number of nitrogens with zero attached hydrogens (tertiary/aromatic N) is 4. The number of allylic oxidation sites excluding steroid dienone is 4. The van der Waals surface area contributed by atoms with Gasteiger partial charge in [-0.15, -0.1) is 0 Å². The van der Waals surface area contributed by atoms with E-state index >= 15 is 0 Å². The fourth-order valence-electron chi connectivity index (χ4n) is 3.51. The van der Waals surface area contributed by atoms with E-state index in [1.807, 2.05) is 19.1 Å². The molecule has 1 aliphatic rings. The molecule has 1 amide bonds. The van der Waals surface area contributed by atoms with E-state index in [9.17, 15) is 13.6 Å². The number of hydrogen-bond donors (Lipinski definition) is 2. The van der Waals surface area contributed by atoms with Crippen LogP contribution in [0.5, 0.6) is 11.6 Å². The van der Waals surface area contributed by atoms with Crippen LogP contribution in [0.1, 0.15) is 6.92 Å². The Morgan fingerprint density at radius 2 is 1.94 bits per heavy atom. The van der Waals surface area contributed by atoms with Gasteiger partial charge < -0.3 is 20.3 Å². The molecular formula is C26H30F2N6O2. The van der Waals surface area contributed by atoms with Crippen molar-refractivity contribution in [3.8, 4) is 11.6 Å². The van der Waals surface area contributed by atoms with Gasteiger partial charge in [0.15, 0.2) is 0 Å². The predicted octanol–water partition coefficient (Wildman–Crippen LogP) is 4.51. The predicted molar refractivity (Wildman–Crippen MR) is 137 cm³/mol. The van der Waals surface area contributed by atoms with Gasteiger partial charge >= 0.3 is 0 Å². The van der Waals surface area contributed by atoms with Crippen LogP contribution >= 0.6 is 0 Å². The number of benzene rings is 1. The van der Waals surface area contributed by atoms with E-state index in [-0.39, 0.29) is 30.2 Å². The van der Waals surface area contributed by atoms with Crippen molar-refractivity contribution < 1.29 is 18.3 Å². The molecule has 0 bridgehead atoms. The molecule has 1 aromatic carbocycles. The number of anilines is 2. The van der Waals surface area contributed by atoms with Gasteiger partial charge in [-0.25, -0.2) is 9.37 Å². The summed E-state index contributed by atoms with van der Waals surface area (Å²) in [5.74, 6) is -0.922. The molecule has 3 rings (SSSR count). The highest BCUT2D eigenvalue weighted by Crippen LogP contribution is 2.25. The number of piperazine rings is 1. The highest BCUT2D eigenvalue weighted by Gasteiger charge is 2.17. The van der Waals surface area contributed by atoms with Crippen LogP contribution in [0.3, 0.4) is 0 Å². The zero-order chi connectivity index (χ0) is 25.9. The standard InChI is InChI=1S/C26H30F2N6O2/c1-4-21(34-15-13-33(12-11-27)14-16-34)10-9-19(3)30-26-29-18-23(28)25(32-26)36-22-8-6-7-20(17-22)31-24(35)5-2/h4-10,17-18H,1-2,11-16H2,3H3,(H,31,35)(H,29,30,32)/b19-9+,21-10+. The fraction of sp³-hybridized carbons (Fsp3) is 0.269. The first kappa shape index (κ1) is 26.6. The quantitative estimate of drug-likeness (QED) is 0.350. The van der Waals surface area contributed by atoms with Crippen molar-refractivity contribution >= 4 is 17.5 Å². The van der Waals surface area contributed by atoms with Crippen LogP contribution in [-0.4, -0.2) is 65.1 Å². The van der Waals surface area contributed by atoms with E-state index in [0.717, 1.165) is 49.8 Å². The van der Waals surface area contributed by atoms with Crippen LogP contribution in [0.25, 0.3) is 0 Å². The number of aromatic nitrogens is 2. The molecule has 1 aliphatic heterocycles. The number of ether oxygens (including phenoxy) is 1. The number of hydrogen-bond acceptors (Lipinski definition) is 7. The first-order valence-electron chi connectivity index (χ1n) is 11.5. The van der Waals surface area contributed by atoms with Crippen LogP contribution < -0.4 is 15.4 Å². The molecule has 0 radical (unpaired) electrons. The molecule has 0 unspecified atom stereocenters. The third-order valence-electron chi connectivity index (χ3n) is 5.37. The van der Waals surface area contributed by atoms with E-state index in [2.05, 4.69) is 43.6 Å². The van der Waals surface area contributed by atoms with Crippen molar-refractivity contribution in [2.75, 3.05) is 50.0 Å². The topological polar surface area (TPSA) is 82.6 Å². The molecule has 0 spiro atoms. The third-order valence-corrected chi connectivity index (χ3v) is 5.37. The molecule has 1 fully saturated rings. The molecule has 0 aliphatic carbocycles. The monoisotopic (exact) mass is 496 g/mol. The lowest BCUT2D eigenvalue weighted by Gasteiger charge is -2.36. The van der Waals surface area contributed by atoms with Gasteiger partial charge in [-0.3, -0.25) is 9.69 Å². The van der Waals surface area contributed by atoms with Crippen LogP contribution in [0, 0.1) is 5.82 Å². The first-order valence-corrected chi connectivity index (χ1v) is 11.5. The van der Waals surface area contributed by atoms with Gasteiger partial charge in [0.2, 0.25) is 17.7 Å². The molecule has 10 heteroatoms. The SMILES string of the molecule is C=CC(=O)Nc1cccc(Oc2nc(N/C(C)=C/C=C(\C=C)N3CCN(CCF)CC3)ncc2F)c1. The van der Waals surface area contributed by atoms with Gasteiger partial charge in [-0.05, 0) is 43.4 Å². The number of amides is 1. The Kier molecular flexibility index (Phi) is 9.70. The van der Waals surface area contributed by atoms with Crippen molar-refractivity contribution in [3.05, 3.63) is 85.1 Å². The van der Waals surface area contributed by atoms with Gasteiger partial charge in [0.1, 0.15) is 12.4 Å². The van der Waals surface area contributed by atoms with E-state index in [1.54, 1.807) is 30.3 Å². The molecule has 0 saturated carbocycles. The molecule has 2 aromatic rings.